The number of pyridine rings is 1. The minimum Gasteiger partial charge on any atom is -0.495 e. The number of carbonyl (C=O) groups is 1. The Bertz CT molecular complexity index is 1090. The predicted molar refractivity (Wildman–Crippen MR) is 123 cm³/mol. The molecule has 4 aliphatic rings. The van der Waals surface area contributed by atoms with Gasteiger partial charge in [0.15, 0.2) is 5.65 Å². The minimum atomic E-state index is 0.114. The van der Waals surface area contributed by atoms with Crippen molar-refractivity contribution in [3.05, 3.63) is 36.5 Å². The van der Waals surface area contributed by atoms with E-state index in [4.69, 9.17) is 4.74 Å². The highest BCUT2D eigenvalue weighted by Crippen LogP contribution is 2.61. The SMILES string of the molecule is COc1ccc(-c2nc3ncccc3s2)cc1NC(=O)CC12CC3CC(CC(C3)C1)C2. The van der Waals surface area contributed by atoms with E-state index in [0.29, 0.717) is 12.2 Å². The van der Waals surface area contributed by atoms with Crippen molar-refractivity contribution in [3.63, 3.8) is 0 Å². The molecule has 2 heterocycles. The number of carbonyl (C=O) groups excluding carboxylic acids is 1. The summed E-state index contributed by atoms with van der Waals surface area (Å²) in [5.41, 5.74) is 2.67. The highest BCUT2D eigenvalue weighted by atomic mass is 32.1. The van der Waals surface area contributed by atoms with E-state index >= 15 is 0 Å². The first-order chi connectivity index (χ1) is 15.1. The fraction of sp³-hybridized carbons (Fsp3) is 0.480. The molecule has 1 N–H and O–H groups in total. The Balaban J connectivity index is 1.24. The summed E-state index contributed by atoms with van der Waals surface area (Å²) in [6.07, 6.45) is 10.3. The van der Waals surface area contributed by atoms with Gasteiger partial charge in [0.2, 0.25) is 5.91 Å². The second kappa shape index (κ2) is 7.30. The van der Waals surface area contributed by atoms with E-state index in [1.54, 1.807) is 24.6 Å². The number of thiazole rings is 1. The molecule has 31 heavy (non-hydrogen) atoms. The Morgan fingerprint density at radius 1 is 1.16 bits per heavy atom. The van der Waals surface area contributed by atoms with Crippen LogP contribution < -0.4 is 10.1 Å². The molecule has 4 aliphatic carbocycles. The van der Waals surface area contributed by atoms with Crippen molar-refractivity contribution in [2.24, 2.45) is 23.2 Å². The van der Waals surface area contributed by atoms with Gasteiger partial charge >= 0.3 is 0 Å². The molecule has 160 valence electrons. The van der Waals surface area contributed by atoms with E-state index in [1.807, 2.05) is 30.3 Å². The average Bonchev–Trinajstić information content (AvgIpc) is 3.16. The molecule has 4 fully saturated rings. The summed E-state index contributed by atoms with van der Waals surface area (Å²) in [7, 11) is 1.64. The van der Waals surface area contributed by atoms with Gasteiger partial charge in [-0.15, -0.1) is 11.3 Å². The van der Waals surface area contributed by atoms with E-state index in [9.17, 15) is 4.79 Å². The molecule has 0 aliphatic heterocycles. The van der Waals surface area contributed by atoms with Crippen molar-refractivity contribution in [3.8, 4) is 16.3 Å². The number of nitrogens with one attached hydrogen (secondary N) is 1. The molecule has 0 unspecified atom stereocenters. The van der Waals surface area contributed by atoms with Crippen LogP contribution in [0, 0.1) is 23.2 Å². The molecule has 0 radical (unpaired) electrons. The summed E-state index contributed by atoms with van der Waals surface area (Å²) in [4.78, 5) is 22.2. The third kappa shape index (κ3) is 3.51. The third-order valence-corrected chi connectivity index (χ3v) is 8.64. The summed E-state index contributed by atoms with van der Waals surface area (Å²) < 4.78 is 6.60. The predicted octanol–water partition coefficient (Wildman–Crippen LogP) is 5.91. The topological polar surface area (TPSA) is 64.1 Å². The van der Waals surface area contributed by atoms with E-state index in [0.717, 1.165) is 44.4 Å². The van der Waals surface area contributed by atoms with Crippen molar-refractivity contribution in [2.45, 2.75) is 44.9 Å². The van der Waals surface area contributed by atoms with Crippen molar-refractivity contribution in [1.29, 1.82) is 0 Å². The third-order valence-electron chi connectivity index (χ3n) is 7.59. The Hall–Kier alpha value is -2.47. The molecular formula is C25H27N3O2S. The van der Waals surface area contributed by atoms with Gasteiger partial charge < -0.3 is 10.1 Å². The zero-order valence-electron chi connectivity index (χ0n) is 17.8. The number of amides is 1. The second-order valence-corrected chi connectivity index (χ2v) is 10.9. The van der Waals surface area contributed by atoms with E-state index in [1.165, 1.54) is 38.5 Å². The number of anilines is 1. The largest absolute Gasteiger partial charge is 0.495 e. The maximum absolute atomic E-state index is 13.2. The molecule has 4 saturated carbocycles. The van der Waals surface area contributed by atoms with Gasteiger partial charge in [0.1, 0.15) is 10.8 Å². The van der Waals surface area contributed by atoms with Crippen LogP contribution >= 0.6 is 11.3 Å². The maximum Gasteiger partial charge on any atom is 0.225 e. The lowest BCUT2D eigenvalue weighted by molar-refractivity contribution is -0.124. The van der Waals surface area contributed by atoms with Crippen molar-refractivity contribution < 1.29 is 9.53 Å². The second-order valence-electron chi connectivity index (χ2n) is 9.90. The first-order valence-electron chi connectivity index (χ1n) is 11.3. The standard InChI is InChI=1S/C25H27N3O2S/c1-30-20-5-4-18(24-28-23-21(31-24)3-2-6-26-23)10-19(20)27-22(29)14-25-11-15-7-16(12-25)9-17(8-15)13-25/h2-6,10,15-17H,7-9,11-14H2,1H3,(H,27,29). The van der Waals surface area contributed by atoms with Gasteiger partial charge in [-0.25, -0.2) is 9.97 Å². The molecule has 6 heteroatoms. The van der Waals surface area contributed by atoms with Crippen molar-refractivity contribution in [2.75, 3.05) is 12.4 Å². The van der Waals surface area contributed by atoms with Crippen LogP contribution in [0.15, 0.2) is 36.5 Å². The van der Waals surface area contributed by atoms with Gasteiger partial charge in [-0.05, 0) is 92.0 Å². The maximum atomic E-state index is 13.2. The summed E-state index contributed by atoms with van der Waals surface area (Å²) >= 11 is 1.61. The lowest BCUT2D eigenvalue weighted by Crippen LogP contribution is -2.47. The zero-order chi connectivity index (χ0) is 21.0. The van der Waals surface area contributed by atoms with E-state index in [2.05, 4.69) is 15.3 Å². The molecule has 1 aromatic carbocycles. The number of fused-ring (bicyclic) bond motifs is 1. The molecule has 4 bridgehead atoms. The van der Waals surface area contributed by atoms with Crippen LogP contribution in [-0.2, 0) is 4.79 Å². The van der Waals surface area contributed by atoms with Crippen LogP contribution in [0.25, 0.3) is 20.9 Å². The van der Waals surface area contributed by atoms with Crippen LogP contribution in [0.1, 0.15) is 44.9 Å². The van der Waals surface area contributed by atoms with Crippen LogP contribution in [-0.4, -0.2) is 23.0 Å². The lowest BCUT2D eigenvalue weighted by atomic mass is 9.49. The monoisotopic (exact) mass is 433 g/mol. The number of nitrogens with zero attached hydrogens (tertiary/aromatic N) is 2. The quantitative estimate of drug-likeness (QED) is 0.543. The Labute approximate surface area is 186 Å². The molecule has 2 aromatic heterocycles. The first kappa shape index (κ1) is 19.2. The highest BCUT2D eigenvalue weighted by molar-refractivity contribution is 7.21. The van der Waals surface area contributed by atoms with Gasteiger partial charge in [-0.3, -0.25) is 4.79 Å². The minimum absolute atomic E-state index is 0.114. The number of methoxy groups -OCH3 is 1. The van der Waals surface area contributed by atoms with Gasteiger partial charge in [-0.2, -0.15) is 0 Å². The summed E-state index contributed by atoms with van der Waals surface area (Å²) in [6.45, 7) is 0. The smallest absolute Gasteiger partial charge is 0.225 e. The van der Waals surface area contributed by atoms with Gasteiger partial charge in [0, 0.05) is 18.2 Å². The van der Waals surface area contributed by atoms with E-state index < -0.39 is 0 Å². The number of benzene rings is 1. The normalized spacial score (nSPS) is 28.7. The Morgan fingerprint density at radius 2 is 1.90 bits per heavy atom. The fourth-order valence-corrected chi connectivity index (χ4v) is 7.79. The fourth-order valence-electron chi connectivity index (χ4n) is 6.87. The van der Waals surface area contributed by atoms with Crippen LogP contribution in [0.5, 0.6) is 5.75 Å². The molecule has 1 amide bonds. The van der Waals surface area contributed by atoms with Gasteiger partial charge in [-0.1, -0.05) is 0 Å². The first-order valence-corrected chi connectivity index (χ1v) is 12.1. The molecule has 7 rings (SSSR count). The molecule has 0 atom stereocenters. The summed E-state index contributed by atoms with van der Waals surface area (Å²) in [5, 5.41) is 4.07. The Kier molecular flexibility index (Phi) is 4.53. The van der Waals surface area contributed by atoms with Crippen molar-refractivity contribution in [1.82, 2.24) is 9.97 Å². The number of hydrogen-bond donors (Lipinski definition) is 1. The Morgan fingerprint density at radius 3 is 2.58 bits per heavy atom. The number of ether oxygens (including phenoxy) is 1. The summed E-state index contributed by atoms with van der Waals surface area (Å²) in [5.74, 6) is 3.35. The molecule has 0 saturated heterocycles. The van der Waals surface area contributed by atoms with Crippen LogP contribution in [0.2, 0.25) is 0 Å². The molecule has 0 spiro atoms. The number of aromatic nitrogens is 2. The summed E-state index contributed by atoms with van der Waals surface area (Å²) in [6, 6.07) is 9.84. The van der Waals surface area contributed by atoms with E-state index in [-0.39, 0.29) is 11.3 Å². The molecule has 3 aromatic rings. The lowest BCUT2D eigenvalue weighted by Gasteiger charge is -2.56. The highest BCUT2D eigenvalue weighted by Gasteiger charge is 2.51. The van der Waals surface area contributed by atoms with Crippen molar-refractivity contribution >= 4 is 33.3 Å². The van der Waals surface area contributed by atoms with Gasteiger partial charge in [0.25, 0.3) is 0 Å². The molecule has 5 nitrogen and oxygen atoms in total. The van der Waals surface area contributed by atoms with Crippen LogP contribution in [0.3, 0.4) is 0 Å². The zero-order valence-corrected chi connectivity index (χ0v) is 18.6. The van der Waals surface area contributed by atoms with Crippen LogP contribution in [0.4, 0.5) is 5.69 Å². The average molecular weight is 434 g/mol. The number of hydrogen-bond acceptors (Lipinski definition) is 5. The number of rotatable bonds is 5. The molecular weight excluding hydrogens is 406 g/mol. The van der Waals surface area contributed by atoms with Gasteiger partial charge in [0.05, 0.1) is 17.5 Å².